The lowest BCUT2D eigenvalue weighted by Crippen LogP contribution is -2.47. The zero-order valence-electron chi connectivity index (χ0n) is 16.3. The molecule has 2 aromatic heterocycles. The van der Waals surface area contributed by atoms with Gasteiger partial charge in [-0.3, -0.25) is 4.90 Å². The van der Waals surface area contributed by atoms with Gasteiger partial charge in [-0.1, -0.05) is 6.07 Å². The van der Waals surface area contributed by atoms with Crippen molar-refractivity contribution >= 4 is 37.2 Å². The van der Waals surface area contributed by atoms with Gasteiger partial charge in [-0.2, -0.15) is 0 Å². The fraction of sp³-hybridized carbons (Fsp3) is 0.400. The molecule has 4 rings (SSSR count). The Labute approximate surface area is 169 Å². The molecule has 0 radical (unpaired) electrons. The lowest BCUT2D eigenvalue weighted by atomic mass is 10.1. The summed E-state index contributed by atoms with van der Waals surface area (Å²) < 4.78 is 24.4. The SMILES string of the molecule is Cc1nc2cc(C(C)N3CCN(c4ccc(S(C)(=O)=O)cn4)CC3)ccc2s1. The number of benzene rings is 1. The Kier molecular flexibility index (Phi) is 5.11. The third-order valence-electron chi connectivity index (χ3n) is 5.34. The second-order valence-electron chi connectivity index (χ2n) is 7.28. The van der Waals surface area contributed by atoms with E-state index in [0.717, 1.165) is 42.5 Å². The number of rotatable bonds is 4. The van der Waals surface area contributed by atoms with Crippen LogP contribution in [0.1, 0.15) is 23.5 Å². The van der Waals surface area contributed by atoms with Gasteiger partial charge in [0, 0.05) is 44.7 Å². The predicted octanol–water partition coefficient (Wildman–Crippen LogP) is 3.29. The molecule has 0 amide bonds. The number of anilines is 1. The third kappa shape index (κ3) is 3.90. The van der Waals surface area contributed by atoms with E-state index in [1.807, 2.05) is 6.92 Å². The van der Waals surface area contributed by atoms with Crippen LogP contribution in [-0.4, -0.2) is 55.7 Å². The Morgan fingerprint density at radius 1 is 1.11 bits per heavy atom. The van der Waals surface area contributed by atoms with E-state index < -0.39 is 9.84 Å². The number of hydrogen-bond acceptors (Lipinski definition) is 7. The standard InChI is InChI=1S/C20H24N4O2S2/c1-14(16-4-6-19-18(12-16)22-15(2)27-19)23-8-10-24(11-9-23)20-7-5-17(13-21-20)28(3,25)26/h4-7,12-14H,8-11H2,1-3H3. The van der Waals surface area contributed by atoms with Gasteiger partial charge in [0.25, 0.3) is 0 Å². The topological polar surface area (TPSA) is 66.4 Å². The molecule has 28 heavy (non-hydrogen) atoms. The fourth-order valence-corrected chi connectivity index (χ4v) is 5.01. The lowest BCUT2D eigenvalue weighted by Gasteiger charge is -2.38. The van der Waals surface area contributed by atoms with Crippen LogP contribution in [0.4, 0.5) is 5.82 Å². The first-order valence-electron chi connectivity index (χ1n) is 9.33. The summed E-state index contributed by atoms with van der Waals surface area (Å²) in [4.78, 5) is 13.9. The van der Waals surface area contributed by atoms with E-state index in [1.54, 1.807) is 23.5 Å². The summed E-state index contributed by atoms with van der Waals surface area (Å²) in [5, 5.41) is 1.10. The van der Waals surface area contributed by atoms with Gasteiger partial charge in [-0.05, 0) is 43.7 Å². The number of fused-ring (bicyclic) bond motifs is 1. The maximum absolute atomic E-state index is 11.6. The second-order valence-corrected chi connectivity index (χ2v) is 10.5. The minimum absolute atomic E-state index is 0.260. The number of hydrogen-bond donors (Lipinski definition) is 0. The van der Waals surface area contributed by atoms with E-state index >= 15 is 0 Å². The first-order valence-corrected chi connectivity index (χ1v) is 12.0. The van der Waals surface area contributed by atoms with Gasteiger partial charge in [0.15, 0.2) is 9.84 Å². The molecule has 8 heteroatoms. The number of aromatic nitrogens is 2. The first-order chi connectivity index (χ1) is 13.3. The van der Waals surface area contributed by atoms with Crippen molar-refractivity contribution < 1.29 is 8.42 Å². The number of thiazole rings is 1. The van der Waals surface area contributed by atoms with Gasteiger partial charge in [0.05, 0.1) is 20.1 Å². The van der Waals surface area contributed by atoms with Crippen LogP contribution >= 0.6 is 11.3 Å². The van der Waals surface area contributed by atoms with E-state index in [9.17, 15) is 8.42 Å². The highest BCUT2D eigenvalue weighted by atomic mass is 32.2. The maximum atomic E-state index is 11.6. The van der Waals surface area contributed by atoms with Gasteiger partial charge in [-0.25, -0.2) is 18.4 Å². The quantitative estimate of drug-likeness (QED) is 0.650. The Balaban J connectivity index is 1.42. The van der Waals surface area contributed by atoms with Crippen molar-refractivity contribution in [2.24, 2.45) is 0 Å². The minimum atomic E-state index is -3.21. The fourth-order valence-electron chi connectivity index (χ4n) is 3.65. The third-order valence-corrected chi connectivity index (χ3v) is 7.39. The van der Waals surface area contributed by atoms with Crippen molar-refractivity contribution in [2.75, 3.05) is 37.3 Å². The molecule has 3 heterocycles. The van der Waals surface area contributed by atoms with Crippen LogP contribution in [-0.2, 0) is 9.84 Å². The predicted molar refractivity (Wildman–Crippen MR) is 114 cm³/mol. The van der Waals surface area contributed by atoms with Crippen molar-refractivity contribution in [3.63, 3.8) is 0 Å². The molecule has 0 N–H and O–H groups in total. The Morgan fingerprint density at radius 2 is 1.86 bits per heavy atom. The average molecular weight is 417 g/mol. The van der Waals surface area contributed by atoms with Crippen LogP contribution in [0.15, 0.2) is 41.4 Å². The number of piperazine rings is 1. The van der Waals surface area contributed by atoms with Crippen LogP contribution in [0.3, 0.4) is 0 Å². The Bertz CT molecular complexity index is 1090. The van der Waals surface area contributed by atoms with Crippen LogP contribution in [0, 0.1) is 6.92 Å². The molecule has 1 fully saturated rings. The molecule has 1 unspecified atom stereocenters. The summed E-state index contributed by atoms with van der Waals surface area (Å²) in [5.74, 6) is 0.832. The highest BCUT2D eigenvalue weighted by Gasteiger charge is 2.23. The van der Waals surface area contributed by atoms with E-state index in [0.29, 0.717) is 6.04 Å². The summed E-state index contributed by atoms with van der Waals surface area (Å²) in [6, 6.07) is 10.4. The van der Waals surface area contributed by atoms with Crippen molar-refractivity contribution in [3.8, 4) is 0 Å². The average Bonchev–Trinajstić information content (AvgIpc) is 3.06. The van der Waals surface area contributed by atoms with Crippen molar-refractivity contribution in [2.45, 2.75) is 24.8 Å². The van der Waals surface area contributed by atoms with Crippen LogP contribution in [0.2, 0.25) is 0 Å². The molecule has 0 spiro atoms. The Morgan fingerprint density at radius 3 is 2.50 bits per heavy atom. The molecule has 1 aromatic carbocycles. The van der Waals surface area contributed by atoms with Gasteiger partial charge in [-0.15, -0.1) is 11.3 Å². The molecule has 0 aliphatic carbocycles. The van der Waals surface area contributed by atoms with E-state index in [2.05, 4.69) is 44.9 Å². The highest BCUT2D eigenvalue weighted by Crippen LogP contribution is 2.28. The van der Waals surface area contributed by atoms with E-state index in [4.69, 9.17) is 0 Å². The summed E-state index contributed by atoms with van der Waals surface area (Å²) in [7, 11) is -3.21. The molecule has 1 aliphatic rings. The van der Waals surface area contributed by atoms with Gasteiger partial charge >= 0.3 is 0 Å². The number of nitrogens with zero attached hydrogens (tertiary/aromatic N) is 4. The normalized spacial score (nSPS) is 17.2. The summed E-state index contributed by atoms with van der Waals surface area (Å²) in [6.45, 7) is 7.90. The van der Waals surface area contributed by atoms with Gasteiger partial charge in [0.2, 0.25) is 0 Å². The van der Waals surface area contributed by atoms with Gasteiger partial charge < -0.3 is 4.90 Å². The molecule has 148 valence electrons. The van der Waals surface area contributed by atoms with E-state index in [-0.39, 0.29) is 4.90 Å². The van der Waals surface area contributed by atoms with Crippen LogP contribution < -0.4 is 4.90 Å². The molecule has 3 aromatic rings. The molecular weight excluding hydrogens is 392 g/mol. The minimum Gasteiger partial charge on any atom is -0.354 e. The zero-order valence-corrected chi connectivity index (χ0v) is 17.9. The van der Waals surface area contributed by atoms with Crippen LogP contribution in [0.25, 0.3) is 10.2 Å². The molecule has 1 atom stereocenters. The molecular formula is C20H24N4O2S2. The number of sulfone groups is 1. The molecule has 0 bridgehead atoms. The largest absolute Gasteiger partial charge is 0.354 e. The van der Waals surface area contributed by atoms with E-state index in [1.165, 1.54) is 22.7 Å². The molecule has 0 saturated carbocycles. The number of aryl methyl sites for hydroxylation is 1. The Hall–Kier alpha value is -2.03. The van der Waals surface area contributed by atoms with Crippen molar-refractivity contribution in [3.05, 3.63) is 47.1 Å². The maximum Gasteiger partial charge on any atom is 0.177 e. The molecule has 6 nitrogen and oxygen atoms in total. The van der Waals surface area contributed by atoms with Crippen molar-refractivity contribution in [1.82, 2.24) is 14.9 Å². The van der Waals surface area contributed by atoms with Gasteiger partial charge in [0.1, 0.15) is 5.82 Å². The molecule has 1 saturated heterocycles. The monoisotopic (exact) mass is 416 g/mol. The summed E-state index contributed by atoms with van der Waals surface area (Å²) in [5.41, 5.74) is 2.38. The van der Waals surface area contributed by atoms with Crippen LogP contribution in [0.5, 0.6) is 0 Å². The summed E-state index contributed by atoms with van der Waals surface area (Å²) >= 11 is 1.73. The molecule has 1 aliphatic heterocycles. The zero-order chi connectivity index (χ0) is 19.9. The number of pyridine rings is 1. The second kappa shape index (κ2) is 7.42. The lowest BCUT2D eigenvalue weighted by molar-refractivity contribution is 0.198. The smallest absolute Gasteiger partial charge is 0.177 e. The first kappa shape index (κ1) is 19.3. The highest BCUT2D eigenvalue weighted by molar-refractivity contribution is 7.90. The van der Waals surface area contributed by atoms with Crippen molar-refractivity contribution in [1.29, 1.82) is 0 Å². The summed E-state index contributed by atoms with van der Waals surface area (Å²) in [6.07, 6.45) is 2.65.